The molecular formula is C19H14F3N3O4. The Hall–Kier alpha value is -3.37. The van der Waals surface area contributed by atoms with Gasteiger partial charge in [0.2, 0.25) is 11.7 Å². The van der Waals surface area contributed by atoms with Gasteiger partial charge in [0.1, 0.15) is 17.5 Å². The summed E-state index contributed by atoms with van der Waals surface area (Å²) in [6, 6.07) is 9.55. The topological polar surface area (TPSA) is 105 Å². The molecule has 2 heterocycles. The SMILES string of the molecule is O=C(c1ccnc(-c2ccc(Oc3ccc(C(F)(F)F)cn3)cc2)n1)[C@H](O)CO. The zero-order valence-corrected chi connectivity index (χ0v) is 14.7. The lowest BCUT2D eigenvalue weighted by Crippen LogP contribution is -2.25. The molecule has 150 valence electrons. The van der Waals surface area contributed by atoms with Crippen LogP contribution in [0.4, 0.5) is 13.2 Å². The Morgan fingerprint density at radius 3 is 2.38 bits per heavy atom. The fourth-order valence-corrected chi connectivity index (χ4v) is 2.29. The summed E-state index contributed by atoms with van der Waals surface area (Å²) >= 11 is 0. The van der Waals surface area contributed by atoms with Crippen molar-refractivity contribution in [3.8, 4) is 23.0 Å². The lowest BCUT2D eigenvalue weighted by atomic mass is 10.1. The standard InChI is InChI=1S/C19H14F3N3O4/c20-19(21,22)12-3-6-16(24-9-12)29-13-4-1-11(2-5-13)18-23-8-7-14(25-18)17(28)15(27)10-26/h1-9,15,26-27H,10H2/t15-/m1/s1. The Morgan fingerprint density at radius 2 is 1.79 bits per heavy atom. The van der Waals surface area contributed by atoms with Gasteiger partial charge in [-0.05, 0) is 36.4 Å². The Labute approximate surface area is 162 Å². The zero-order chi connectivity index (χ0) is 21.0. The van der Waals surface area contributed by atoms with Crippen LogP contribution in [0.3, 0.4) is 0 Å². The molecule has 0 bridgehead atoms. The van der Waals surface area contributed by atoms with E-state index in [0.717, 1.165) is 12.1 Å². The number of rotatable bonds is 6. The number of aliphatic hydroxyl groups is 2. The van der Waals surface area contributed by atoms with E-state index in [0.29, 0.717) is 17.5 Å². The van der Waals surface area contributed by atoms with Crippen molar-refractivity contribution in [3.63, 3.8) is 0 Å². The van der Waals surface area contributed by atoms with E-state index in [2.05, 4.69) is 15.0 Å². The van der Waals surface area contributed by atoms with Crippen LogP contribution in [-0.2, 0) is 6.18 Å². The van der Waals surface area contributed by atoms with Gasteiger partial charge in [0.05, 0.1) is 12.2 Å². The number of alkyl halides is 3. The van der Waals surface area contributed by atoms with Crippen LogP contribution in [0, 0.1) is 0 Å². The van der Waals surface area contributed by atoms with Crippen LogP contribution in [-0.4, -0.2) is 43.7 Å². The Balaban J connectivity index is 1.74. The maximum Gasteiger partial charge on any atom is 0.417 e. The van der Waals surface area contributed by atoms with Crippen molar-refractivity contribution in [1.82, 2.24) is 15.0 Å². The fourth-order valence-electron chi connectivity index (χ4n) is 2.29. The van der Waals surface area contributed by atoms with Crippen molar-refractivity contribution in [3.05, 3.63) is 66.1 Å². The van der Waals surface area contributed by atoms with Crippen molar-refractivity contribution in [2.75, 3.05) is 6.61 Å². The first kappa shape index (κ1) is 20.4. The number of aromatic nitrogens is 3. The maximum absolute atomic E-state index is 12.6. The van der Waals surface area contributed by atoms with E-state index in [1.54, 1.807) is 12.1 Å². The normalized spacial score (nSPS) is 12.4. The highest BCUT2D eigenvalue weighted by molar-refractivity contribution is 5.97. The maximum atomic E-state index is 12.6. The lowest BCUT2D eigenvalue weighted by Gasteiger charge is -2.09. The summed E-state index contributed by atoms with van der Waals surface area (Å²) in [6.07, 6.45) is -4.02. The van der Waals surface area contributed by atoms with Crippen LogP contribution in [0.5, 0.6) is 11.6 Å². The number of hydrogen-bond acceptors (Lipinski definition) is 7. The molecule has 7 nitrogen and oxygen atoms in total. The van der Waals surface area contributed by atoms with Gasteiger partial charge in [-0.25, -0.2) is 15.0 Å². The smallest absolute Gasteiger partial charge is 0.417 e. The Bertz CT molecular complexity index is 993. The van der Waals surface area contributed by atoms with E-state index >= 15 is 0 Å². The number of benzene rings is 1. The predicted octanol–water partition coefficient (Wildman–Crippen LogP) is 2.89. The first-order valence-corrected chi connectivity index (χ1v) is 8.25. The zero-order valence-electron chi connectivity index (χ0n) is 14.7. The molecule has 2 aromatic heterocycles. The second-order valence-electron chi connectivity index (χ2n) is 5.84. The van der Waals surface area contributed by atoms with E-state index in [1.165, 1.54) is 24.4 Å². The molecule has 10 heteroatoms. The average molecular weight is 405 g/mol. The first-order chi connectivity index (χ1) is 13.8. The molecule has 0 fully saturated rings. The van der Waals surface area contributed by atoms with E-state index in [9.17, 15) is 23.1 Å². The van der Waals surface area contributed by atoms with Gasteiger partial charge in [-0.3, -0.25) is 4.79 Å². The number of ketones is 1. The molecule has 29 heavy (non-hydrogen) atoms. The molecule has 1 aromatic carbocycles. The Morgan fingerprint density at radius 1 is 1.07 bits per heavy atom. The van der Waals surface area contributed by atoms with Crippen molar-refractivity contribution >= 4 is 5.78 Å². The second kappa shape index (κ2) is 8.33. The van der Waals surface area contributed by atoms with Gasteiger partial charge in [-0.1, -0.05) is 0 Å². The molecule has 0 amide bonds. The number of carbonyl (C=O) groups excluding carboxylic acids is 1. The van der Waals surface area contributed by atoms with Crippen LogP contribution in [0.1, 0.15) is 16.1 Å². The third-order valence-electron chi connectivity index (χ3n) is 3.78. The second-order valence-corrected chi connectivity index (χ2v) is 5.84. The number of aliphatic hydroxyl groups excluding tert-OH is 2. The third-order valence-corrected chi connectivity index (χ3v) is 3.78. The third kappa shape index (κ3) is 4.92. The van der Waals surface area contributed by atoms with Gasteiger partial charge in [-0.2, -0.15) is 13.2 Å². The van der Waals surface area contributed by atoms with Crippen molar-refractivity contribution in [1.29, 1.82) is 0 Å². The largest absolute Gasteiger partial charge is 0.439 e. The lowest BCUT2D eigenvalue weighted by molar-refractivity contribution is -0.137. The molecule has 3 aromatic rings. The van der Waals surface area contributed by atoms with Gasteiger partial charge >= 0.3 is 6.18 Å². The summed E-state index contributed by atoms with van der Waals surface area (Å²) in [6.45, 7) is -0.720. The summed E-state index contributed by atoms with van der Waals surface area (Å²) in [4.78, 5) is 23.7. The van der Waals surface area contributed by atoms with Crippen molar-refractivity contribution < 1.29 is 32.9 Å². The quantitative estimate of drug-likeness (QED) is 0.608. The molecular weight excluding hydrogens is 391 g/mol. The van der Waals surface area contributed by atoms with E-state index < -0.39 is 30.2 Å². The number of carbonyl (C=O) groups is 1. The molecule has 0 aliphatic carbocycles. The van der Waals surface area contributed by atoms with Crippen LogP contribution >= 0.6 is 0 Å². The fraction of sp³-hybridized carbons (Fsp3) is 0.158. The predicted molar refractivity (Wildman–Crippen MR) is 94.2 cm³/mol. The molecule has 0 aliphatic rings. The van der Waals surface area contributed by atoms with Gasteiger partial charge in [0.15, 0.2) is 5.82 Å². The molecule has 0 unspecified atom stereocenters. The van der Waals surface area contributed by atoms with Gasteiger partial charge in [0.25, 0.3) is 0 Å². The molecule has 2 N–H and O–H groups in total. The van der Waals surface area contributed by atoms with Crippen LogP contribution in [0.2, 0.25) is 0 Å². The summed E-state index contributed by atoms with van der Waals surface area (Å²) in [5.74, 6) is -0.207. The summed E-state index contributed by atoms with van der Waals surface area (Å²) < 4.78 is 43.1. The van der Waals surface area contributed by atoms with Gasteiger partial charge < -0.3 is 14.9 Å². The first-order valence-electron chi connectivity index (χ1n) is 8.25. The molecule has 0 saturated carbocycles. The summed E-state index contributed by atoms with van der Waals surface area (Å²) in [5.41, 5.74) is -0.394. The summed E-state index contributed by atoms with van der Waals surface area (Å²) in [5, 5.41) is 18.3. The minimum Gasteiger partial charge on any atom is -0.439 e. The summed E-state index contributed by atoms with van der Waals surface area (Å²) in [7, 11) is 0. The number of Topliss-reactive ketones (excluding diaryl/α,β-unsaturated/α-hetero) is 1. The number of pyridine rings is 1. The van der Waals surface area contributed by atoms with Gasteiger partial charge in [-0.15, -0.1) is 0 Å². The van der Waals surface area contributed by atoms with Crippen LogP contribution in [0.25, 0.3) is 11.4 Å². The minimum atomic E-state index is -4.48. The molecule has 0 aliphatic heterocycles. The van der Waals surface area contributed by atoms with Crippen LogP contribution < -0.4 is 4.74 Å². The van der Waals surface area contributed by atoms with Crippen molar-refractivity contribution in [2.45, 2.75) is 12.3 Å². The van der Waals surface area contributed by atoms with Crippen LogP contribution in [0.15, 0.2) is 54.9 Å². The van der Waals surface area contributed by atoms with E-state index in [4.69, 9.17) is 9.84 Å². The average Bonchev–Trinajstić information content (AvgIpc) is 2.73. The number of ether oxygens (including phenoxy) is 1. The van der Waals surface area contributed by atoms with E-state index in [1.807, 2.05) is 0 Å². The molecule has 1 atom stereocenters. The highest BCUT2D eigenvalue weighted by atomic mass is 19.4. The van der Waals surface area contributed by atoms with Crippen molar-refractivity contribution in [2.24, 2.45) is 0 Å². The molecule has 3 rings (SSSR count). The number of nitrogens with zero attached hydrogens (tertiary/aromatic N) is 3. The molecule has 0 radical (unpaired) electrons. The number of hydrogen-bond donors (Lipinski definition) is 2. The molecule has 0 spiro atoms. The monoisotopic (exact) mass is 405 g/mol. The Kier molecular flexibility index (Phi) is 5.85. The highest BCUT2D eigenvalue weighted by Crippen LogP contribution is 2.30. The van der Waals surface area contributed by atoms with E-state index in [-0.39, 0.29) is 17.4 Å². The number of halogens is 3. The minimum absolute atomic E-state index is 0.00687. The van der Waals surface area contributed by atoms with Gasteiger partial charge in [0, 0.05) is 24.0 Å². The molecule has 0 saturated heterocycles. The highest BCUT2D eigenvalue weighted by Gasteiger charge is 2.30.